The Morgan fingerprint density at radius 1 is 1.44 bits per heavy atom. The highest BCUT2D eigenvalue weighted by Gasteiger charge is 2.38. The lowest BCUT2D eigenvalue weighted by molar-refractivity contribution is 0.173. The molecule has 0 unspecified atom stereocenters. The van der Waals surface area contributed by atoms with Gasteiger partial charge in [-0.25, -0.2) is 4.98 Å². The first-order valence-corrected chi connectivity index (χ1v) is 8.14. The van der Waals surface area contributed by atoms with Gasteiger partial charge in [-0.05, 0) is 52.4 Å². The smallest absolute Gasteiger partial charge is 0.113 e. The van der Waals surface area contributed by atoms with Crippen LogP contribution in [0.15, 0.2) is 5.38 Å². The lowest BCUT2D eigenvalue weighted by Gasteiger charge is -2.41. The molecule has 3 heteroatoms. The molecule has 2 rings (SSSR count). The van der Waals surface area contributed by atoms with E-state index < -0.39 is 0 Å². The third-order valence-corrected chi connectivity index (χ3v) is 5.29. The van der Waals surface area contributed by atoms with Crippen LogP contribution >= 0.6 is 11.3 Å². The lowest BCUT2D eigenvalue weighted by Crippen LogP contribution is -2.48. The van der Waals surface area contributed by atoms with E-state index in [-0.39, 0.29) is 5.54 Å². The van der Waals surface area contributed by atoms with Crippen LogP contribution in [0.2, 0.25) is 0 Å². The molecule has 1 aliphatic carbocycles. The van der Waals surface area contributed by atoms with Gasteiger partial charge in [0.05, 0.1) is 5.54 Å². The van der Waals surface area contributed by atoms with E-state index in [1.54, 1.807) is 0 Å². The zero-order chi connectivity index (χ0) is 13.2. The third-order valence-electron chi connectivity index (χ3n) is 4.13. The maximum atomic E-state index is 4.77. The molecule has 1 heterocycles. The highest BCUT2D eigenvalue weighted by Crippen LogP contribution is 2.41. The molecule has 0 spiro atoms. The van der Waals surface area contributed by atoms with Crippen LogP contribution in [0, 0.1) is 12.8 Å². The second kappa shape index (κ2) is 5.70. The first-order valence-electron chi connectivity index (χ1n) is 7.26. The Labute approximate surface area is 115 Å². The summed E-state index contributed by atoms with van der Waals surface area (Å²) >= 11 is 1.83. The van der Waals surface area contributed by atoms with Crippen molar-refractivity contribution in [1.29, 1.82) is 0 Å². The fourth-order valence-electron chi connectivity index (χ4n) is 3.12. The normalized spacial score (nSPS) is 28.8. The van der Waals surface area contributed by atoms with E-state index in [1.807, 2.05) is 11.3 Å². The topological polar surface area (TPSA) is 24.9 Å². The van der Waals surface area contributed by atoms with Gasteiger partial charge in [0, 0.05) is 17.1 Å². The first-order chi connectivity index (χ1) is 8.55. The second-order valence-corrected chi connectivity index (χ2v) is 6.88. The Balaban J connectivity index is 2.19. The number of hydrogen-bond acceptors (Lipinski definition) is 3. The highest BCUT2D eigenvalue weighted by molar-refractivity contribution is 7.09. The third kappa shape index (κ3) is 2.94. The lowest BCUT2D eigenvalue weighted by atomic mass is 9.75. The molecule has 102 valence electrons. The molecule has 0 radical (unpaired) electrons. The standard InChI is InChI=1S/C15H26N2S/c1-5-13-6-8-15(9-7-13,17-11(2)3)14-16-12(4)10-18-14/h10-11,13,17H,5-9H2,1-4H3. The summed E-state index contributed by atoms with van der Waals surface area (Å²) in [5, 5.41) is 7.31. The van der Waals surface area contributed by atoms with Crippen molar-refractivity contribution in [3.63, 3.8) is 0 Å². The summed E-state index contributed by atoms with van der Waals surface area (Å²) in [6, 6.07) is 0.521. The molecule has 1 N–H and O–H groups in total. The van der Waals surface area contributed by atoms with E-state index >= 15 is 0 Å². The van der Waals surface area contributed by atoms with Crippen molar-refractivity contribution in [1.82, 2.24) is 10.3 Å². The van der Waals surface area contributed by atoms with Crippen molar-refractivity contribution >= 4 is 11.3 Å². The number of rotatable bonds is 4. The number of aryl methyl sites for hydroxylation is 1. The number of aromatic nitrogens is 1. The van der Waals surface area contributed by atoms with Crippen LogP contribution in [0.4, 0.5) is 0 Å². The van der Waals surface area contributed by atoms with Gasteiger partial charge in [0.1, 0.15) is 5.01 Å². The number of nitrogens with one attached hydrogen (secondary N) is 1. The van der Waals surface area contributed by atoms with E-state index in [4.69, 9.17) is 4.98 Å². The molecule has 0 atom stereocenters. The van der Waals surface area contributed by atoms with Gasteiger partial charge < -0.3 is 5.32 Å². The van der Waals surface area contributed by atoms with E-state index in [9.17, 15) is 0 Å². The molecular formula is C15H26N2S. The average Bonchev–Trinajstić information content (AvgIpc) is 2.77. The zero-order valence-corrected chi connectivity index (χ0v) is 12.9. The van der Waals surface area contributed by atoms with Crippen molar-refractivity contribution < 1.29 is 0 Å². The Morgan fingerprint density at radius 3 is 2.56 bits per heavy atom. The second-order valence-electron chi connectivity index (χ2n) is 6.03. The molecule has 0 aliphatic heterocycles. The molecule has 1 aliphatic rings. The maximum Gasteiger partial charge on any atom is 0.113 e. The van der Waals surface area contributed by atoms with Crippen LogP contribution in [0.25, 0.3) is 0 Å². The molecule has 0 bridgehead atoms. The largest absolute Gasteiger partial charge is 0.303 e. The molecule has 0 aromatic carbocycles. The zero-order valence-electron chi connectivity index (χ0n) is 12.1. The van der Waals surface area contributed by atoms with Gasteiger partial charge in [-0.3, -0.25) is 0 Å². The minimum absolute atomic E-state index is 0.152. The number of thiazole rings is 1. The molecular weight excluding hydrogens is 240 g/mol. The van der Waals surface area contributed by atoms with E-state index in [2.05, 4.69) is 38.4 Å². The van der Waals surface area contributed by atoms with Gasteiger partial charge in [0.25, 0.3) is 0 Å². The van der Waals surface area contributed by atoms with Gasteiger partial charge in [-0.1, -0.05) is 13.3 Å². The molecule has 1 saturated carbocycles. The van der Waals surface area contributed by atoms with E-state index in [0.29, 0.717) is 6.04 Å². The van der Waals surface area contributed by atoms with Crippen molar-refractivity contribution in [3.8, 4) is 0 Å². The van der Waals surface area contributed by atoms with Crippen LogP contribution in [0.3, 0.4) is 0 Å². The van der Waals surface area contributed by atoms with Gasteiger partial charge in [0.15, 0.2) is 0 Å². The summed E-state index contributed by atoms with van der Waals surface area (Å²) in [5.41, 5.74) is 1.32. The summed E-state index contributed by atoms with van der Waals surface area (Å²) in [5.74, 6) is 0.924. The van der Waals surface area contributed by atoms with Crippen molar-refractivity contribution in [2.75, 3.05) is 0 Å². The van der Waals surface area contributed by atoms with Crippen LogP contribution in [0.1, 0.15) is 63.6 Å². The first kappa shape index (κ1) is 14.0. The summed E-state index contributed by atoms with van der Waals surface area (Å²) in [6.45, 7) is 8.91. The number of nitrogens with zero attached hydrogens (tertiary/aromatic N) is 1. The average molecular weight is 266 g/mol. The van der Waals surface area contributed by atoms with E-state index in [0.717, 1.165) is 11.6 Å². The van der Waals surface area contributed by atoms with Gasteiger partial charge in [-0.15, -0.1) is 11.3 Å². The molecule has 1 aromatic heterocycles. The predicted molar refractivity (Wildman–Crippen MR) is 79.0 cm³/mol. The minimum atomic E-state index is 0.152. The van der Waals surface area contributed by atoms with Gasteiger partial charge in [-0.2, -0.15) is 0 Å². The monoisotopic (exact) mass is 266 g/mol. The molecule has 0 amide bonds. The van der Waals surface area contributed by atoms with Crippen molar-refractivity contribution in [2.24, 2.45) is 5.92 Å². The van der Waals surface area contributed by atoms with Crippen LogP contribution in [-0.2, 0) is 5.54 Å². The van der Waals surface area contributed by atoms with Crippen LogP contribution in [-0.4, -0.2) is 11.0 Å². The summed E-state index contributed by atoms with van der Waals surface area (Å²) in [6.07, 6.45) is 6.51. The fraction of sp³-hybridized carbons (Fsp3) is 0.800. The summed E-state index contributed by atoms with van der Waals surface area (Å²) in [4.78, 5) is 4.77. The number of hydrogen-bond donors (Lipinski definition) is 1. The Morgan fingerprint density at radius 2 is 2.11 bits per heavy atom. The fourth-order valence-corrected chi connectivity index (χ4v) is 4.15. The molecule has 2 nitrogen and oxygen atoms in total. The maximum absolute atomic E-state index is 4.77. The van der Waals surface area contributed by atoms with E-state index in [1.165, 1.54) is 37.1 Å². The highest BCUT2D eigenvalue weighted by atomic mass is 32.1. The predicted octanol–water partition coefficient (Wildman–Crippen LogP) is 4.25. The molecule has 1 fully saturated rings. The molecule has 18 heavy (non-hydrogen) atoms. The molecule has 0 saturated heterocycles. The van der Waals surface area contributed by atoms with Crippen molar-refractivity contribution in [3.05, 3.63) is 16.1 Å². The molecule has 1 aromatic rings. The van der Waals surface area contributed by atoms with Crippen molar-refractivity contribution in [2.45, 2.75) is 71.4 Å². The SMILES string of the molecule is CCC1CCC(NC(C)C)(c2nc(C)cs2)CC1. The van der Waals surface area contributed by atoms with Gasteiger partial charge >= 0.3 is 0 Å². The van der Waals surface area contributed by atoms with Gasteiger partial charge in [0.2, 0.25) is 0 Å². The summed E-state index contributed by atoms with van der Waals surface area (Å²) in [7, 11) is 0. The Hall–Kier alpha value is -0.410. The minimum Gasteiger partial charge on any atom is -0.303 e. The summed E-state index contributed by atoms with van der Waals surface area (Å²) < 4.78 is 0. The Bertz CT molecular complexity index is 376. The quantitative estimate of drug-likeness (QED) is 0.881. The Kier molecular flexibility index (Phi) is 4.44. The van der Waals surface area contributed by atoms with Crippen LogP contribution in [0.5, 0.6) is 0 Å². The van der Waals surface area contributed by atoms with Crippen LogP contribution < -0.4 is 5.32 Å².